The lowest BCUT2D eigenvalue weighted by molar-refractivity contribution is 0.0572. The van der Waals surface area contributed by atoms with Gasteiger partial charge in [0.05, 0.1) is 22.9 Å². The lowest BCUT2D eigenvalue weighted by Crippen LogP contribution is -2.28. The van der Waals surface area contributed by atoms with Crippen molar-refractivity contribution in [2.45, 2.75) is 17.1 Å². The van der Waals surface area contributed by atoms with E-state index in [9.17, 15) is 18.6 Å². The highest BCUT2D eigenvalue weighted by Crippen LogP contribution is 2.15. The van der Waals surface area contributed by atoms with Crippen molar-refractivity contribution in [2.24, 2.45) is 5.73 Å². The number of sulfone groups is 1. The number of aliphatic hydroxyl groups is 2. The molecule has 0 aromatic heterocycles. The summed E-state index contributed by atoms with van der Waals surface area (Å²) in [5, 5.41) is 18.9. The van der Waals surface area contributed by atoms with Crippen LogP contribution in [-0.4, -0.2) is 66.1 Å². The first-order chi connectivity index (χ1) is 9.79. The Bertz CT molecular complexity index is 606. The maximum atomic E-state index is 12.2. The first kappa shape index (κ1) is 16.3. The lowest BCUT2D eigenvalue weighted by atomic mass is 10.2. The summed E-state index contributed by atoms with van der Waals surface area (Å²) in [5.41, 5.74) is 6.09. The molecular formula is C13H18N2O4S2. The molecule has 1 aromatic rings. The summed E-state index contributed by atoms with van der Waals surface area (Å²) in [5.74, 6) is -0.0706. The quantitative estimate of drug-likeness (QED) is 0.603. The molecule has 1 fully saturated rings. The lowest BCUT2D eigenvalue weighted by Gasteiger charge is -2.14. The van der Waals surface area contributed by atoms with Crippen LogP contribution in [0.2, 0.25) is 0 Å². The van der Waals surface area contributed by atoms with Crippen LogP contribution in [0.5, 0.6) is 0 Å². The maximum Gasteiger partial charge on any atom is 0.179 e. The Kier molecular flexibility index (Phi) is 4.95. The summed E-state index contributed by atoms with van der Waals surface area (Å²) >= 11 is 4.82. The van der Waals surface area contributed by atoms with E-state index in [1.165, 1.54) is 12.1 Å². The molecule has 2 atom stereocenters. The van der Waals surface area contributed by atoms with Crippen molar-refractivity contribution in [1.82, 2.24) is 4.90 Å². The number of hydrogen-bond acceptors (Lipinski definition) is 6. The minimum atomic E-state index is -3.41. The second kappa shape index (κ2) is 6.37. The zero-order valence-electron chi connectivity index (χ0n) is 11.3. The summed E-state index contributed by atoms with van der Waals surface area (Å²) in [6, 6.07) is 6.13. The average molecular weight is 330 g/mol. The number of rotatable bonds is 5. The zero-order valence-corrected chi connectivity index (χ0v) is 13.0. The van der Waals surface area contributed by atoms with E-state index in [0.717, 1.165) is 0 Å². The van der Waals surface area contributed by atoms with E-state index in [0.29, 0.717) is 5.56 Å². The van der Waals surface area contributed by atoms with Gasteiger partial charge < -0.3 is 15.9 Å². The molecule has 1 saturated heterocycles. The molecule has 1 aliphatic heterocycles. The predicted octanol–water partition coefficient (Wildman–Crippen LogP) is -0.868. The average Bonchev–Trinajstić information content (AvgIpc) is 2.76. The molecule has 116 valence electrons. The van der Waals surface area contributed by atoms with Gasteiger partial charge in [-0.15, -0.1) is 0 Å². The summed E-state index contributed by atoms with van der Waals surface area (Å²) < 4.78 is 24.4. The van der Waals surface area contributed by atoms with Crippen LogP contribution < -0.4 is 5.73 Å². The van der Waals surface area contributed by atoms with Gasteiger partial charge in [0.25, 0.3) is 0 Å². The number of benzene rings is 1. The topological polar surface area (TPSA) is 104 Å². The molecule has 0 saturated carbocycles. The largest absolute Gasteiger partial charge is 0.389 e. The molecule has 8 heteroatoms. The van der Waals surface area contributed by atoms with Gasteiger partial charge in [-0.1, -0.05) is 24.4 Å². The smallest absolute Gasteiger partial charge is 0.179 e. The summed E-state index contributed by atoms with van der Waals surface area (Å²) in [6.07, 6.45) is -1.62. The number of aliphatic hydroxyl groups excluding tert-OH is 2. The van der Waals surface area contributed by atoms with E-state index in [4.69, 9.17) is 18.0 Å². The highest BCUT2D eigenvalue weighted by atomic mass is 32.2. The van der Waals surface area contributed by atoms with Crippen molar-refractivity contribution >= 4 is 27.0 Å². The fraction of sp³-hybridized carbons (Fsp3) is 0.462. The van der Waals surface area contributed by atoms with Crippen molar-refractivity contribution in [2.75, 3.05) is 25.4 Å². The second-order valence-corrected chi connectivity index (χ2v) is 7.65. The SMILES string of the molecule is NC(=S)c1ccc(S(=O)(=O)CCN2CC(O)C(O)C2)cc1. The van der Waals surface area contributed by atoms with E-state index in [1.54, 1.807) is 17.0 Å². The Morgan fingerprint density at radius 2 is 1.76 bits per heavy atom. The third-order valence-corrected chi connectivity index (χ3v) is 5.45. The highest BCUT2D eigenvalue weighted by Gasteiger charge is 2.30. The van der Waals surface area contributed by atoms with E-state index in [2.05, 4.69) is 0 Å². The van der Waals surface area contributed by atoms with Gasteiger partial charge in [0.1, 0.15) is 4.99 Å². The molecule has 6 nitrogen and oxygen atoms in total. The van der Waals surface area contributed by atoms with Crippen molar-refractivity contribution in [1.29, 1.82) is 0 Å². The minimum absolute atomic E-state index is 0.0706. The van der Waals surface area contributed by atoms with Crippen molar-refractivity contribution in [3.63, 3.8) is 0 Å². The standard InChI is InChI=1S/C13H18N2O4S2/c14-13(20)9-1-3-10(4-2-9)21(18,19)6-5-15-7-11(16)12(17)8-15/h1-4,11-12,16-17H,5-8H2,(H2,14,20). The van der Waals surface area contributed by atoms with E-state index in [1.807, 2.05) is 0 Å². The predicted molar refractivity (Wildman–Crippen MR) is 82.8 cm³/mol. The zero-order chi connectivity index (χ0) is 15.6. The van der Waals surface area contributed by atoms with Crippen LogP contribution in [0, 0.1) is 0 Å². The van der Waals surface area contributed by atoms with Crippen LogP contribution in [0.25, 0.3) is 0 Å². The van der Waals surface area contributed by atoms with E-state index < -0.39 is 22.0 Å². The second-order valence-electron chi connectivity index (χ2n) is 5.10. The molecular weight excluding hydrogens is 312 g/mol. The molecule has 0 aliphatic carbocycles. The molecule has 0 bridgehead atoms. The van der Waals surface area contributed by atoms with Crippen molar-refractivity contribution < 1.29 is 18.6 Å². The van der Waals surface area contributed by atoms with Gasteiger partial charge in [0.15, 0.2) is 9.84 Å². The summed E-state index contributed by atoms with van der Waals surface area (Å²) in [4.78, 5) is 2.16. The van der Waals surface area contributed by atoms with Crippen LogP contribution in [0.3, 0.4) is 0 Å². The molecule has 21 heavy (non-hydrogen) atoms. The third-order valence-electron chi connectivity index (χ3n) is 3.51. The normalized spacial score (nSPS) is 23.3. The van der Waals surface area contributed by atoms with Crippen LogP contribution in [0.4, 0.5) is 0 Å². The molecule has 2 unspecified atom stereocenters. The number of β-amino-alcohol motifs (C(OH)–C–C–N with tert-alkyl or cyclic N) is 2. The first-order valence-electron chi connectivity index (χ1n) is 6.51. The number of thiocarbonyl (C=S) groups is 1. The van der Waals surface area contributed by atoms with Gasteiger partial charge >= 0.3 is 0 Å². The Labute approximate surface area is 129 Å². The van der Waals surface area contributed by atoms with Crippen LogP contribution in [0.1, 0.15) is 5.56 Å². The minimum Gasteiger partial charge on any atom is -0.389 e. The number of hydrogen-bond donors (Lipinski definition) is 3. The number of nitrogens with zero attached hydrogens (tertiary/aromatic N) is 1. The van der Waals surface area contributed by atoms with Gasteiger partial charge in [-0.2, -0.15) is 0 Å². The third kappa shape index (κ3) is 3.98. The van der Waals surface area contributed by atoms with Crippen LogP contribution >= 0.6 is 12.2 Å². The van der Waals surface area contributed by atoms with E-state index in [-0.39, 0.29) is 35.3 Å². The maximum absolute atomic E-state index is 12.2. The number of likely N-dealkylation sites (tertiary alicyclic amines) is 1. The molecule has 0 amide bonds. The Morgan fingerprint density at radius 1 is 1.24 bits per heavy atom. The molecule has 1 heterocycles. The van der Waals surface area contributed by atoms with Gasteiger partial charge in [-0.3, -0.25) is 4.90 Å². The van der Waals surface area contributed by atoms with Gasteiger partial charge in [0.2, 0.25) is 0 Å². The Hall–Kier alpha value is -1.06. The fourth-order valence-corrected chi connectivity index (χ4v) is 3.64. The van der Waals surface area contributed by atoms with Crippen LogP contribution in [0.15, 0.2) is 29.2 Å². The molecule has 4 N–H and O–H groups in total. The van der Waals surface area contributed by atoms with Gasteiger partial charge in [-0.05, 0) is 12.1 Å². The Balaban J connectivity index is 2.00. The number of nitrogens with two attached hydrogens (primary N) is 1. The molecule has 2 rings (SSSR count). The van der Waals surface area contributed by atoms with Crippen molar-refractivity contribution in [3.8, 4) is 0 Å². The van der Waals surface area contributed by atoms with Crippen LogP contribution in [-0.2, 0) is 9.84 Å². The molecule has 0 radical (unpaired) electrons. The molecule has 1 aliphatic rings. The Morgan fingerprint density at radius 3 is 2.24 bits per heavy atom. The van der Waals surface area contributed by atoms with Gasteiger partial charge in [-0.25, -0.2) is 8.42 Å². The van der Waals surface area contributed by atoms with Gasteiger partial charge in [0, 0.05) is 25.2 Å². The highest BCUT2D eigenvalue weighted by molar-refractivity contribution is 7.91. The summed E-state index contributed by atoms with van der Waals surface area (Å²) in [6.45, 7) is 0.849. The first-order valence-corrected chi connectivity index (χ1v) is 8.57. The molecule has 1 aromatic carbocycles. The van der Waals surface area contributed by atoms with E-state index >= 15 is 0 Å². The molecule has 0 spiro atoms. The fourth-order valence-electron chi connectivity index (χ4n) is 2.22. The van der Waals surface area contributed by atoms with Crippen molar-refractivity contribution in [3.05, 3.63) is 29.8 Å². The summed E-state index contributed by atoms with van der Waals surface area (Å²) in [7, 11) is -3.41. The monoisotopic (exact) mass is 330 g/mol.